The summed E-state index contributed by atoms with van der Waals surface area (Å²) in [6.07, 6.45) is 6.67. The van der Waals surface area contributed by atoms with Gasteiger partial charge in [0, 0.05) is 30.2 Å². The first-order chi connectivity index (χ1) is 15.9. The minimum absolute atomic E-state index is 0.00205. The molecule has 5 aromatic rings. The SMILES string of the molecule is COc1ncc(-c2ccc3ncc4nccn4c3c2)cc1NS(=O)(=O)c1ccc(F)cc1F. The van der Waals surface area contributed by atoms with E-state index in [1.165, 1.54) is 19.4 Å². The van der Waals surface area contributed by atoms with Crippen LogP contribution in [0.15, 0.2) is 72.1 Å². The monoisotopic (exact) mass is 467 g/mol. The number of fused-ring (bicyclic) bond motifs is 3. The number of nitrogens with one attached hydrogen (secondary N) is 1. The van der Waals surface area contributed by atoms with Crippen molar-refractivity contribution in [3.63, 3.8) is 0 Å². The molecule has 0 aliphatic heterocycles. The van der Waals surface area contributed by atoms with E-state index in [0.29, 0.717) is 17.3 Å². The predicted molar refractivity (Wildman–Crippen MR) is 117 cm³/mol. The Morgan fingerprint density at radius 1 is 0.970 bits per heavy atom. The van der Waals surface area contributed by atoms with Gasteiger partial charge in [-0.1, -0.05) is 6.07 Å². The van der Waals surface area contributed by atoms with Gasteiger partial charge in [0.1, 0.15) is 22.2 Å². The smallest absolute Gasteiger partial charge is 0.264 e. The Bertz CT molecular complexity index is 1640. The summed E-state index contributed by atoms with van der Waals surface area (Å²) < 4.78 is 62.2. The van der Waals surface area contributed by atoms with Crippen molar-refractivity contribution in [1.29, 1.82) is 0 Å². The van der Waals surface area contributed by atoms with E-state index in [9.17, 15) is 17.2 Å². The fourth-order valence-electron chi connectivity index (χ4n) is 3.49. The van der Waals surface area contributed by atoms with Crippen molar-refractivity contribution in [2.45, 2.75) is 4.90 Å². The van der Waals surface area contributed by atoms with E-state index in [1.54, 1.807) is 12.4 Å². The van der Waals surface area contributed by atoms with Crippen LogP contribution in [0.2, 0.25) is 0 Å². The van der Waals surface area contributed by atoms with Crippen LogP contribution in [0.3, 0.4) is 0 Å². The van der Waals surface area contributed by atoms with Gasteiger partial charge in [0.05, 0.1) is 24.3 Å². The number of hydrogen-bond acceptors (Lipinski definition) is 6. The molecule has 0 bridgehead atoms. The van der Waals surface area contributed by atoms with E-state index >= 15 is 0 Å². The van der Waals surface area contributed by atoms with E-state index < -0.39 is 26.6 Å². The van der Waals surface area contributed by atoms with Crippen LogP contribution < -0.4 is 9.46 Å². The molecule has 0 atom stereocenters. The number of ether oxygens (including phenoxy) is 1. The van der Waals surface area contributed by atoms with Crippen molar-refractivity contribution in [3.05, 3.63) is 78.9 Å². The summed E-state index contributed by atoms with van der Waals surface area (Å²) in [6.45, 7) is 0. The van der Waals surface area contributed by atoms with E-state index in [1.807, 2.05) is 28.8 Å². The highest BCUT2D eigenvalue weighted by Gasteiger charge is 2.22. The highest BCUT2D eigenvalue weighted by molar-refractivity contribution is 7.92. The molecule has 2 aromatic carbocycles. The molecule has 0 spiro atoms. The summed E-state index contributed by atoms with van der Waals surface area (Å²) in [5.41, 5.74) is 3.54. The van der Waals surface area contributed by atoms with Crippen LogP contribution in [0, 0.1) is 11.6 Å². The largest absolute Gasteiger partial charge is 0.480 e. The minimum Gasteiger partial charge on any atom is -0.480 e. The average molecular weight is 467 g/mol. The van der Waals surface area contributed by atoms with Crippen LogP contribution in [-0.4, -0.2) is 34.9 Å². The molecule has 0 fully saturated rings. The first-order valence-electron chi connectivity index (χ1n) is 9.60. The molecule has 11 heteroatoms. The third-order valence-corrected chi connectivity index (χ3v) is 6.43. The van der Waals surface area contributed by atoms with E-state index in [0.717, 1.165) is 28.7 Å². The molecular formula is C22H15F2N5O3S. The van der Waals surface area contributed by atoms with Crippen molar-refractivity contribution < 1.29 is 21.9 Å². The molecule has 0 aliphatic carbocycles. The number of nitrogens with zero attached hydrogens (tertiary/aromatic N) is 4. The van der Waals surface area contributed by atoms with E-state index in [-0.39, 0.29) is 11.6 Å². The number of methoxy groups -OCH3 is 1. The number of sulfonamides is 1. The molecular weight excluding hydrogens is 452 g/mol. The lowest BCUT2D eigenvalue weighted by Gasteiger charge is -2.13. The first-order valence-corrected chi connectivity index (χ1v) is 11.1. The van der Waals surface area contributed by atoms with E-state index in [2.05, 4.69) is 19.7 Å². The van der Waals surface area contributed by atoms with Gasteiger partial charge in [0.25, 0.3) is 10.0 Å². The van der Waals surface area contributed by atoms with Crippen LogP contribution in [0.5, 0.6) is 5.88 Å². The lowest BCUT2D eigenvalue weighted by molar-refractivity contribution is 0.400. The molecule has 0 amide bonds. The Morgan fingerprint density at radius 2 is 1.82 bits per heavy atom. The second kappa shape index (κ2) is 7.78. The Balaban J connectivity index is 1.59. The Labute approximate surface area is 186 Å². The van der Waals surface area contributed by atoms with Crippen molar-refractivity contribution in [3.8, 4) is 17.0 Å². The fraction of sp³-hybridized carbons (Fsp3) is 0.0455. The van der Waals surface area contributed by atoms with Gasteiger partial charge in [-0.05, 0) is 35.9 Å². The van der Waals surface area contributed by atoms with Crippen molar-refractivity contribution in [2.75, 3.05) is 11.8 Å². The summed E-state index contributed by atoms with van der Waals surface area (Å²) in [7, 11) is -3.05. The van der Waals surface area contributed by atoms with Crippen LogP contribution in [-0.2, 0) is 10.0 Å². The summed E-state index contributed by atoms with van der Waals surface area (Å²) in [6, 6.07) is 9.25. The van der Waals surface area contributed by atoms with Gasteiger partial charge in [-0.15, -0.1) is 0 Å². The standard InChI is InChI=1S/C22H15F2N5O3S/c1-32-22-18(28-33(30,31)20-5-3-15(23)10-16(20)24)8-14(11-27-22)13-2-4-17-19(9-13)29-7-6-25-21(29)12-26-17/h2-12,28H,1H3. The Hall–Kier alpha value is -4.12. The number of halogens is 2. The van der Waals surface area contributed by atoms with Crippen molar-refractivity contribution in [1.82, 2.24) is 19.4 Å². The molecule has 5 rings (SSSR count). The Morgan fingerprint density at radius 3 is 2.61 bits per heavy atom. The molecule has 0 unspecified atom stereocenters. The first kappa shape index (κ1) is 20.8. The number of rotatable bonds is 5. The third-order valence-electron chi connectivity index (χ3n) is 5.03. The zero-order valence-corrected chi connectivity index (χ0v) is 17.8. The lowest BCUT2D eigenvalue weighted by atomic mass is 10.1. The predicted octanol–water partition coefficient (Wildman–Crippen LogP) is 4.03. The fourth-order valence-corrected chi connectivity index (χ4v) is 4.59. The Kier molecular flexibility index (Phi) is 4.90. The van der Waals surface area contributed by atoms with Gasteiger partial charge in [-0.3, -0.25) is 14.1 Å². The van der Waals surface area contributed by atoms with Gasteiger partial charge in [-0.2, -0.15) is 0 Å². The van der Waals surface area contributed by atoms with Crippen molar-refractivity contribution in [2.24, 2.45) is 0 Å². The second-order valence-corrected chi connectivity index (χ2v) is 8.73. The molecule has 8 nitrogen and oxygen atoms in total. The number of anilines is 1. The van der Waals surface area contributed by atoms with Crippen molar-refractivity contribution >= 4 is 32.4 Å². The van der Waals surface area contributed by atoms with Crippen LogP contribution in [0.4, 0.5) is 14.5 Å². The molecule has 166 valence electrons. The minimum atomic E-state index is -4.38. The lowest BCUT2D eigenvalue weighted by Crippen LogP contribution is -2.15. The topological polar surface area (TPSA) is 98.5 Å². The van der Waals surface area contributed by atoms with Gasteiger partial charge in [0.2, 0.25) is 5.88 Å². The molecule has 0 radical (unpaired) electrons. The maximum absolute atomic E-state index is 14.1. The highest BCUT2D eigenvalue weighted by atomic mass is 32.2. The van der Waals surface area contributed by atoms with E-state index in [4.69, 9.17) is 4.74 Å². The molecule has 0 aliphatic rings. The number of aromatic nitrogens is 4. The molecule has 1 N–H and O–H groups in total. The molecule has 3 heterocycles. The van der Waals surface area contributed by atoms with Crippen LogP contribution in [0.25, 0.3) is 27.8 Å². The zero-order valence-electron chi connectivity index (χ0n) is 17.0. The van der Waals surface area contributed by atoms with Gasteiger partial charge >= 0.3 is 0 Å². The number of pyridine rings is 1. The highest BCUT2D eigenvalue weighted by Crippen LogP contribution is 2.32. The molecule has 3 aromatic heterocycles. The number of benzene rings is 2. The molecule has 0 saturated carbocycles. The normalized spacial score (nSPS) is 11.7. The molecule has 33 heavy (non-hydrogen) atoms. The van der Waals surface area contributed by atoms with Gasteiger partial charge in [-0.25, -0.2) is 27.2 Å². The van der Waals surface area contributed by atoms with Crippen LogP contribution in [0.1, 0.15) is 0 Å². The maximum atomic E-state index is 14.1. The van der Waals surface area contributed by atoms with Gasteiger partial charge < -0.3 is 4.74 Å². The maximum Gasteiger partial charge on any atom is 0.264 e. The quantitative estimate of drug-likeness (QED) is 0.419. The second-order valence-electron chi connectivity index (χ2n) is 7.08. The summed E-state index contributed by atoms with van der Waals surface area (Å²) in [5, 5.41) is 0. The number of imidazole rings is 1. The van der Waals surface area contributed by atoms with Crippen LogP contribution >= 0.6 is 0 Å². The zero-order chi connectivity index (χ0) is 23.2. The summed E-state index contributed by atoms with van der Waals surface area (Å²) in [4.78, 5) is 12.1. The molecule has 0 saturated heterocycles. The number of hydrogen-bond donors (Lipinski definition) is 1. The van der Waals surface area contributed by atoms with Gasteiger partial charge in [0.15, 0.2) is 5.65 Å². The third kappa shape index (κ3) is 3.72. The average Bonchev–Trinajstić information content (AvgIpc) is 3.27. The summed E-state index contributed by atoms with van der Waals surface area (Å²) >= 11 is 0. The summed E-state index contributed by atoms with van der Waals surface area (Å²) in [5.74, 6) is -2.10.